The lowest BCUT2D eigenvalue weighted by molar-refractivity contribution is -0.0886. The van der Waals surface area contributed by atoms with E-state index in [0.717, 1.165) is 25.7 Å². The molecule has 1 saturated carbocycles. The maximum atomic E-state index is 13.1. The van der Waals surface area contributed by atoms with Gasteiger partial charge in [-0.1, -0.05) is 24.4 Å². The third kappa shape index (κ3) is 3.02. The summed E-state index contributed by atoms with van der Waals surface area (Å²) in [5.41, 5.74) is 0.471. The molecule has 0 radical (unpaired) electrons. The molecule has 0 bridgehead atoms. The number of rotatable bonds is 2. The van der Waals surface area contributed by atoms with Gasteiger partial charge in [-0.05, 0) is 47.9 Å². The summed E-state index contributed by atoms with van der Waals surface area (Å²) in [6.45, 7) is 1.15. The molecule has 2 atom stereocenters. The van der Waals surface area contributed by atoms with Crippen LogP contribution < -0.4 is 0 Å². The zero-order valence-electron chi connectivity index (χ0n) is 13.8. The Hall–Kier alpha value is -1.99. The van der Waals surface area contributed by atoms with Crippen LogP contribution in [0.4, 0.5) is 0 Å². The van der Waals surface area contributed by atoms with Crippen LogP contribution in [0.2, 0.25) is 5.02 Å². The second-order valence-corrected chi connectivity index (χ2v) is 7.40. The Morgan fingerprint density at radius 2 is 2.20 bits per heavy atom. The Morgan fingerprint density at radius 1 is 1.32 bits per heavy atom. The number of hydrogen-bond acceptors (Lipinski definition) is 5. The number of benzene rings is 1. The molecule has 8 heteroatoms. The summed E-state index contributed by atoms with van der Waals surface area (Å²) in [7, 11) is 0. The first kappa shape index (κ1) is 16.5. The first-order valence-electron chi connectivity index (χ1n) is 8.61. The van der Waals surface area contributed by atoms with Crippen molar-refractivity contribution >= 4 is 17.5 Å². The minimum Gasteiger partial charge on any atom is -0.389 e. The maximum absolute atomic E-state index is 13.1. The zero-order valence-corrected chi connectivity index (χ0v) is 14.6. The lowest BCUT2D eigenvalue weighted by Gasteiger charge is -2.47. The molecule has 2 heterocycles. The van der Waals surface area contributed by atoms with Crippen molar-refractivity contribution in [2.45, 2.75) is 37.7 Å². The normalized spacial score (nSPS) is 26.3. The molecule has 132 valence electrons. The van der Waals surface area contributed by atoms with Gasteiger partial charge in [0.25, 0.3) is 5.91 Å². The molecular weight excluding hydrogens is 342 g/mol. The van der Waals surface area contributed by atoms with Crippen molar-refractivity contribution in [2.24, 2.45) is 5.92 Å². The number of hydrogen-bond donors (Lipinski definition) is 1. The van der Waals surface area contributed by atoms with E-state index in [2.05, 4.69) is 15.5 Å². The van der Waals surface area contributed by atoms with Gasteiger partial charge >= 0.3 is 0 Å². The van der Waals surface area contributed by atoms with E-state index in [4.69, 9.17) is 11.6 Å². The Bertz CT molecular complexity index is 781. The number of carbonyl (C=O) groups is 1. The average Bonchev–Trinajstić information content (AvgIpc) is 3.15. The number of aromatic nitrogens is 4. The van der Waals surface area contributed by atoms with Gasteiger partial charge in [-0.25, -0.2) is 0 Å². The molecular formula is C17H20ClN5O2. The topological polar surface area (TPSA) is 84.1 Å². The highest BCUT2D eigenvalue weighted by atomic mass is 35.5. The van der Waals surface area contributed by atoms with Crippen LogP contribution in [-0.4, -0.2) is 54.8 Å². The first-order chi connectivity index (χ1) is 12.1. The number of nitrogens with zero attached hydrogens (tertiary/aromatic N) is 5. The Labute approximate surface area is 150 Å². The zero-order chi connectivity index (χ0) is 17.4. The molecule has 25 heavy (non-hydrogen) atoms. The van der Waals surface area contributed by atoms with Crippen molar-refractivity contribution < 1.29 is 9.90 Å². The van der Waals surface area contributed by atoms with Crippen LogP contribution in [0, 0.1) is 5.92 Å². The second-order valence-electron chi connectivity index (χ2n) is 6.96. The van der Waals surface area contributed by atoms with Gasteiger partial charge in [-0.3, -0.25) is 4.79 Å². The number of fused-ring (bicyclic) bond motifs is 1. The third-order valence-electron chi connectivity index (χ3n) is 5.50. The van der Waals surface area contributed by atoms with Gasteiger partial charge in [-0.15, -0.1) is 5.10 Å². The molecule has 7 nitrogen and oxygen atoms in total. The van der Waals surface area contributed by atoms with E-state index >= 15 is 0 Å². The van der Waals surface area contributed by atoms with Crippen LogP contribution in [0.1, 0.15) is 42.5 Å². The van der Waals surface area contributed by atoms with Crippen LogP contribution in [0.15, 0.2) is 24.5 Å². The minimum absolute atomic E-state index is 0.0743. The van der Waals surface area contributed by atoms with Gasteiger partial charge in [-0.2, -0.15) is 4.68 Å². The number of amides is 1. The van der Waals surface area contributed by atoms with E-state index in [0.29, 0.717) is 35.8 Å². The number of piperidine rings is 1. The van der Waals surface area contributed by atoms with E-state index < -0.39 is 5.60 Å². The molecule has 1 N–H and O–H groups in total. The summed E-state index contributed by atoms with van der Waals surface area (Å²) < 4.78 is 1.44. The smallest absolute Gasteiger partial charge is 0.256 e. The van der Waals surface area contributed by atoms with Gasteiger partial charge < -0.3 is 10.0 Å². The molecule has 1 saturated heterocycles. The highest BCUT2D eigenvalue weighted by Gasteiger charge is 2.44. The van der Waals surface area contributed by atoms with Crippen LogP contribution in [0.5, 0.6) is 0 Å². The van der Waals surface area contributed by atoms with E-state index in [-0.39, 0.29) is 11.8 Å². The number of tetrazole rings is 1. The van der Waals surface area contributed by atoms with Gasteiger partial charge in [0.15, 0.2) is 0 Å². The Morgan fingerprint density at radius 3 is 3.00 bits per heavy atom. The summed E-state index contributed by atoms with van der Waals surface area (Å²) >= 11 is 6.09. The fourth-order valence-electron chi connectivity index (χ4n) is 4.07. The molecule has 1 aliphatic carbocycles. The van der Waals surface area contributed by atoms with Gasteiger partial charge in [0.1, 0.15) is 6.33 Å². The molecule has 1 aromatic heterocycles. The molecule has 2 fully saturated rings. The summed E-state index contributed by atoms with van der Waals surface area (Å²) in [6, 6.07) is 5.10. The Kier molecular flexibility index (Phi) is 4.21. The third-order valence-corrected chi connectivity index (χ3v) is 5.74. The van der Waals surface area contributed by atoms with Crippen LogP contribution in [0.3, 0.4) is 0 Å². The number of carbonyl (C=O) groups excluding carboxylic acids is 1. The summed E-state index contributed by atoms with van der Waals surface area (Å²) in [6.07, 6.45) is 6.08. The van der Waals surface area contributed by atoms with E-state index in [1.165, 1.54) is 11.0 Å². The fourth-order valence-corrected chi connectivity index (χ4v) is 4.24. The number of aliphatic hydroxyl groups is 1. The fraction of sp³-hybridized carbons (Fsp3) is 0.529. The second kappa shape index (κ2) is 6.38. The summed E-state index contributed by atoms with van der Waals surface area (Å²) in [4.78, 5) is 15.0. The number of likely N-dealkylation sites (tertiary alicyclic amines) is 1. The van der Waals surface area contributed by atoms with Crippen molar-refractivity contribution in [3.63, 3.8) is 0 Å². The predicted octanol–water partition coefficient (Wildman–Crippen LogP) is 2.08. The van der Waals surface area contributed by atoms with Crippen LogP contribution in [-0.2, 0) is 0 Å². The molecule has 2 aromatic rings. The predicted molar refractivity (Wildman–Crippen MR) is 91.6 cm³/mol. The van der Waals surface area contributed by atoms with Gasteiger partial charge in [0.05, 0.1) is 16.9 Å². The average molecular weight is 362 g/mol. The maximum Gasteiger partial charge on any atom is 0.256 e. The Balaban J connectivity index is 1.62. The van der Waals surface area contributed by atoms with E-state index in [1.807, 2.05) is 4.90 Å². The molecule has 0 spiro atoms. The van der Waals surface area contributed by atoms with Crippen molar-refractivity contribution in [3.05, 3.63) is 35.1 Å². The quantitative estimate of drug-likeness (QED) is 0.885. The van der Waals surface area contributed by atoms with E-state index in [9.17, 15) is 9.90 Å². The first-order valence-corrected chi connectivity index (χ1v) is 8.99. The standard InChI is InChI=1S/C17H20ClN5O2/c18-13-4-5-14(15(9-13)23-11-19-20-21-23)16(24)22-8-7-17(25)6-2-1-3-12(17)10-22/h4-5,9,11-12,25H,1-3,6-8,10H2/t12-,17-/m0/s1. The van der Waals surface area contributed by atoms with Crippen LogP contribution in [0.25, 0.3) is 5.69 Å². The van der Waals surface area contributed by atoms with Crippen molar-refractivity contribution in [1.29, 1.82) is 0 Å². The lowest BCUT2D eigenvalue weighted by Crippen LogP contribution is -2.54. The molecule has 1 aromatic carbocycles. The van der Waals surface area contributed by atoms with Crippen molar-refractivity contribution in [2.75, 3.05) is 13.1 Å². The molecule has 2 aliphatic rings. The largest absolute Gasteiger partial charge is 0.389 e. The molecule has 1 amide bonds. The van der Waals surface area contributed by atoms with E-state index in [1.54, 1.807) is 18.2 Å². The highest BCUT2D eigenvalue weighted by Crippen LogP contribution is 2.40. The molecule has 4 rings (SSSR count). The van der Waals surface area contributed by atoms with Gasteiger partial charge in [0.2, 0.25) is 0 Å². The van der Waals surface area contributed by atoms with Crippen LogP contribution >= 0.6 is 11.6 Å². The highest BCUT2D eigenvalue weighted by molar-refractivity contribution is 6.31. The van der Waals surface area contributed by atoms with Crippen molar-refractivity contribution in [1.82, 2.24) is 25.1 Å². The molecule has 0 unspecified atom stereocenters. The minimum atomic E-state index is -0.603. The van der Waals surface area contributed by atoms with Crippen molar-refractivity contribution in [3.8, 4) is 5.69 Å². The monoisotopic (exact) mass is 361 g/mol. The van der Waals surface area contributed by atoms with Gasteiger partial charge in [0, 0.05) is 24.0 Å². The lowest BCUT2D eigenvalue weighted by atomic mass is 9.71. The summed E-state index contributed by atoms with van der Waals surface area (Å²) in [5.74, 6) is 0.0810. The number of halogens is 1. The SMILES string of the molecule is O=C(c1ccc(Cl)cc1-n1cnnn1)N1CC[C@@]2(O)CCCC[C@H]2C1. The molecule has 1 aliphatic heterocycles. The summed E-state index contributed by atoms with van der Waals surface area (Å²) in [5, 5.41) is 22.5.